The number of carbonyl (C=O) groups excluding carboxylic acids is 2. The van der Waals surface area contributed by atoms with E-state index in [-0.39, 0.29) is 19.6 Å². The Morgan fingerprint density at radius 3 is 2.00 bits per heavy atom. The minimum Gasteiger partial charge on any atom is -0.465 e. The third-order valence-electron chi connectivity index (χ3n) is 2.89. The van der Waals surface area contributed by atoms with Crippen LogP contribution in [0.1, 0.15) is 26.7 Å². The molecule has 0 atom stereocenters. The Hall–Kier alpha value is -1.53. The van der Waals surface area contributed by atoms with Gasteiger partial charge in [0, 0.05) is 12.0 Å². The fourth-order valence-corrected chi connectivity index (χ4v) is 1.92. The van der Waals surface area contributed by atoms with Crippen LogP contribution in [0.25, 0.3) is 0 Å². The fraction of sp³-hybridized carbons (Fsp3) is 0.667. The Morgan fingerprint density at radius 2 is 1.68 bits per heavy atom. The molecule has 108 valence electrons. The first-order chi connectivity index (χ1) is 8.78. The highest BCUT2D eigenvalue weighted by Crippen LogP contribution is 2.45. The van der Waals surface area contributed by atoms with Gasteiger partial charge in [-0.2, -0.15) is 13.2 Å². The topological polar surface area (TPSA) is 52.6 Å². The molecule has 0 bridgehead atoms. The number of hydrogen-bond donors (Lipinski definition) is 0. The van der Waals surface area contributed by atoms with Gasteiger partial charge in [0.15, 0.2) is 5.41 Å². The van der Waals surface area contributed by atoms with Crippen molar-refractivity contribution in [3.8, 4) is 0 Å². The highest BCUT2D eigenvalue weighted by molar-refractivity contribution is 6.01. The predicted molar refractivity (Wildman–Crippen MR) is 59.1 cm³/mol. The zero-order valence-electron chi connectivity index (χ0n) is 10.7. The third kappa shape index (κ3) is 3.08. The van der Waals surface area contributed by atoms with Crippen molar-refractivity contribution in [2.45, 2.75) is 32.9 Å². The Bertz CT molecular complexity index is 380. The molecule has 1 aliphatic rings. The maximum absolute atomic E-state index is 12.6. The molecule has 0 unspecified atom stereocenters. The van der Waals surface area contributed by atoms with Gasteiger partial charge >= 0.3 is 18.1 Å². The lowest BCUT2D eigenvalue weighted by molar-refractivity contribution is -0.172. The minimum absolute atomic E-state index is 0.0126. The summed E-state index contributed by atoms with van der Waals surface area (Å²) in [7, 11) is 0. The van der Waals surface area contributed by atoms with Crippen molar-refractivity contribution >= 4 is 11.9 Å². The number of alkyl halides is 3. The summed E-state index contributed by atoms with van der Waals surface area (Å²) in [5.74, 6) is -1.94. The van der Waals surface area contributed by atoms with E-state index in [0.717, 1.165) is 6.08 Å². The third-order valence-corrected chi connectivity index (χ3v) is 2.89. The van der Waals surface area contributed by atoms with Gasteiger partial charge < -0.3 is 9.47 Å². The van der Waals surface area contributed by atoms with E-state index in [1.807, 2.05) is 0 Å². The van der Waals surface area contributed by atoms with Gasteiger partial charge in [-0.1, -0.05) is 6.08 Å². The van der Waals surface area contributed by atoms with Gasteiger partial charge in [0.25, 0.3) is 0 Å². The first-order valence-electron chi connectivity index (χ1n) is 5.88. The summed E-state index contributed by atoms with van der Waals surface area (Å²) in [5.41, 5.74) is -2.79. The molecule has 0 aliphatic heterocycles. The average molecular weight is 280 g/mol. The van der Waals surface area contributed by atoms with Crippen LogP contribution in [0.15, 0.2) is 11.6 Å². The average Bonchev–Trinajstić information content (AvgIpc) is 2.75. The van der Waals surface area contributed by atoms with Gasteiger partial charge in [-0.25, -0.2) is 0 Å². The zero-order valence-corrected chi connectivity index (χ0v) is 10.7. The molecular weight excluding hydrogens is 265 g/mol. The fourth-order valence-electron chi connectivity index (χ4n) is 1.92. The van der Waals surface area contributed by atoms with Crippen LogP contribution in [0.2, 0.25) is 0 Å². The van der Waals surface area contributed by atoms with Crippen LogP contribution in [0.3, 0.4) is 0 Å². The van der Waals surface area contributed by atoms with Gasteiger partial charge in [0.2, 0.25) is 0 Å². The lowest BCUT2D eigenvalue weighted by Gasteiger charge is -2.24. The Morgan fingerprint density at radius 1 is 1.21 bits per heavy atom. The Labute approximate surface area is 108 Å². The van der Waals surface area contributed by atoms with Crippen molar-refractivity contribution in [2.75, 3.05) is 13.2 Å². The van der Waals surface area contributed by atoms with Crippen molar-refractivity contribution in [3.05, 3.63) is 11.6 Å². The normalized spacial score (nSPS) is 17.8. The van der Waals surface area contributed by atoms with Crippen LogP contribution in [0.4, 0.5) is 13.2 Å². The van der Waals surface area contributed by atoms with Crippen molar-refractivity contribution < 1.29 is 32.2 Å². The standard InChI is InChI=1S/C12H15F3O4/c1-3-18-9(16)11(10(17)19-4-2)6-5-8(7-11)12(13,14)15/h5H,3-4,6-7H2,1-2H3. The zero-order chi connectivity index (χ0) is 14.7. The van der Waals surface area contributed by atoms with Crippen molar-refractivity contribution in [3.63, 3.8) is 0 Å². The van der Waals surface area contributed by atoms with Crippen LogP contribution in [0, 0.1) is 5.41 Å². The molecule has 0 spiro atoms. The lowest BCUT2D eigenvalue weighted by atomic mass is 9.84. The molecule has 19 heavy (non-hydrogen) atoms. The maximum Gasteiger partial charge on any atom is 0.412 e. The largest absolute Gasteiger partial charge is 0.465 e. The van der Waals surface area contributed by atoms with Gasteiger partial charge in [-0.3, -0.25) is 9.59 Å². The van der Waals surface area contributed by atoms with E-state index in [1.165, 1.54) is 13.8 Å². The molecule has 0 fully saturated rings. The quantitative estimate of drug-likeness (QED) is 0.451. The number of halogens is 3. The van der Waals surface area contributed by atoms with Gasteiger partial charge in [-0.05, 0) is 20.3 Å². The van der Waals surface area contributed by atoms with E-state index in [1.54, 1.807) is 0 Å². The monoisotopic (exact) mass is 280 g/mol. The number of carbonyl (C=O) groups is 2. The van der Waals surface area contributed by atoms with Gasteiger partial charge in [-0.15, -0.1) is 0 Å². The number of hydrogen-bond acceptors (Lipinski definition) is 4. The summed E-state index contributed by atoms with van der Waals surface area (Å²) in [4.78, 5) is 23.7. The molecule has 4 nitrogen and oxygen atoms in total. The number of rotatable bonds is 4. The smallest absolute Gasteiger partial charge is 0.412 e. The highest BCUT2D eigenvalue weighted by atomic mass is 19.4. The molecule has 0 heterocycles. The second kappa shape index (κ2) is 5.63. The summed E-state index contributed by atoms with van der Waals surface area (Å²) in [6.07, 6.45) is -4.78. The van der Waals surface area contributed by atoms with Crippen molar-refractivity contribution in [1.29, 1.82) is 0 Å². The van der Waals surface area contributed by atoms with Crippen LogP contribution in [-0.4, -0.2) is 31.3 Å². The molecule has 0 N–H and O–H groups in total. The van der Waals surface area contributed by atoms with Crippen molar-refractivity contribution in [2.24, 2.45) is 5.41 Å². The van der Waals surface area contributed by atoms with Crippen LogP contribution >= 0.6 is 0 Å². The summed E-state index contributed by atoms with van der Waals surface area (Å²) in [6, 6.07) is 0. The SMILES string of the molecule is CCOC(=O)C1(C(=O)OCC)CC=C(C(F)(F)F)C1. The van der Waals surface area contributed by atoms with E-state index < -0.39 is 35.5 Å². The summed E-state index contributed by atoms with van der Waals surface area (Å²) in [6.45, 7) is 3.01. The molecule has 0 saturated carbocycles. The van der Waals surface area contributed by atoms with Crippen LogP contribution in [-0.2, 0) is 19.1 Å². The highest BCUT2D eigenvalue weighted by Gasteiger charge is 2.55. The van der Waals surface area contributed by atoms with Gasteiger partial charge in [0.05, 0.1) is 13.2 Å². The maximum atomic E-state index is 12.6. The van der Waals surface area contributed by atoms with Gasteiger partial charge in [0.1, 0.15) is 0 Å². The number of allylic oxidation sites excluding steroid dienone is 2. The molecule has 0 aromatic heterocycles. The molecule has 7 heteroatoms. The second-order valence-corrected chi connectivity index (χ2v) is 4.13. The molecule has 0 aromatic carbocycles. The van der Waals surface area contributed by atoms with Crippen LogP contribution in [0.5, 0.6) is 0 Å². The molecule has 0 aromatic rings. The van der Waals surface area contributed by atoms with E-state index in [9.17, 15) is 22.8 Å². The summed E-state index contributed by atoms with van der Waals surface area (Å²) >= 11 is 0. The summed E-state index contributed by atoms with van der Waals surface area (Å²) < 4.78 is 47.3. The van der Waals surface area contributed by atoms with E-state index in [0.29, 0.717) is 0 Å². The van der Waals surface area contributed by atoms with E-state index in [2.05, 4.69) is 0 Å². The molecule has 1 rings (SSSR count). The second-order valence-electron chi connectivity index (χ2n) is 4.13. The Balaban J connectivity index is 2.99. The molecule has 0 saturated heterocycles. The van der Waals surface area contributed by atoms with E-state index >= 15 is 0 Å². The molecule has 1 aliphatic carbocycles. The first-order valence-corrected chi connectivity index (χ1v) is 5.88. The van der Waals surface area contributed by atoms with E-state index in [4.69, 9.17) is 9.47 Å². The number of ether oxygens (including phenoxy) is 2. The Kier molecular flexibility index (Phi) is 4.60. The lowest BCUT2D eigenvalue weighted by Crippen LogP contribution is -2.41. The molecule has 0 amide bonds. The molecule has 0 radical (unpaired) electrons. The predicted octanol–water partition coefficient (Wildman–Crippen LogP) is 2.38. The minimum atomic E-state index is -4.55. The molecular formula is C12H15F3O4. The summed E-state index contributed by atoms with van der Waals surface area (Å²) in [5, 5.41) is 0. The van der Waals surface area contributed by atoms with Crippen molar-refractivity contribution in [1.82, 2.24) is 0 Å². The number of esters is 2. The van der Waals surface area contributed by atoms with Crippen LogP contribution < -0.4 is 0 Å². The first kappa shape index (κ1) is 15.5.